The Morgan fingerprint density at radius 3 is 2.83 bits per heavy atom. The van der Waals surface area contributed by atoms with Gasteiger partial charge in [-0.05, 0) is 36.6 Å². The number of rotatable bonds is 3. The number of nitro benzene ring substituents is 1. The highest BCUT2D eigenvalue weighted by Gasteiger charge is 2.26. The molecular formula is C16H13ClN2O3S2. The van der Waals surface area contributed by atoms with Crippen LogP contribution in [0.25, 0.3) is 0 Å². The predicted molar refractivity (Wildman–Crippen MR) is 98.7 cm³/mol. The van der Waals surface area contributed by atoms with Gasteiger partial charge in [0, 0.05) is 33.8 Å². The molecule has 0 bridgehead atoms. The van der Waals surface area contributed by atoms with E-state index in [0.29, 0.717) is 22.0 Å². The topological polar surface area (TPSA) is 63.5 Å². The van der Waals surface area contributed by atoms with Gasteiger partial charge in [0.25, 0.3) is 11.6 Å². The lowest BCUT2D eigenvalue weighted by molar-refractivity contribution is -0.387. The normalized spacial score (nSPS) is 13.5. The maximum Gasteiger partial charge on any atom is 0.283 e. The molecule has 124 valence electrons. The molecule has 2 aromatic carbocycles. The number of amides is 1. The highest BCUT2D eigenvalue weighted by Crippen LogP contribution is 2.37. The lowest BCUT2D eigenvalue weighted by Crippen LogP contribution is -2.35. The summed E-state index contributed by atoms with van der Waals surface area (Å²) in [6.07, 6.45) is 1.77. The van der Waals surface area contributed by atoms with Gasteiger partial charge >= 0.3 is 0 Å². The summed E-state index contributed by atoms with van der Waals surface area (Å²) >= 11 is 9.01. The Kier molecular flexibility index (Phi) is 5.03. The summed E-state index contributed by atoms with van der Waals surface area (Å²) in [5.41, 5.74) is 1.00. The monoisotopic (exact) mass is 380 g/mol. The van der Waals surface area contributed by atoms with Gasteiger partial charge in [0.2, 0.25) is 0 Å². The maximum absolute atomic E-state index is 12.9. The molecule has 0 unspecified atom stereocenters. The first-order valence-corrected chi connectivity index (χ1v) is 9.66. The fraction of sp³-hybridized carbons (Fsp3) is 0.188. The molecule has 1 aliphatic rings. The number of carbonyl (C=O) groups excluding carboxylic acids is 1. The molecule has 0 radical (unpaired) electrons. The molecule has 24 heavy (non-hydrogen) atoms. The number of hydrogen-bond acceptors (Lipinski definition) is 5. The molecular weight excluding hydrogens is 368 g/mol. The van der Waals surface area contributed by atoms with Crippen molar-refractivity contribution >= 4 is 52.4 Å². The number of halogens is 1. The predicted octanol–water partition coefficient (Wildman–Crippen LogP) is 4.72. The molecule has 1 aliphatic heterocycles. The van der Waals surface area contributed by atoms with Crippen LogP contribution in [0.4, 0.5) is 11.4 Å². The maximum atomic E-state index is 12.9. The van der Waals surface area contributed by atoms with Gasteiger partial charge in [0.15, 0.2) is 0 Å². The van der Waals surface area contributed by atoms with E-state index in [1.54, 1.807) is 47.2 Å². The van der Waals surface area contributed by atoms with Crippen molar-refractivity contribution in [3.63, 3.8) is 0 Å². The fourth-order valence-corrected chi connectivity index (χ4v) is 4.21. The molecule has 0 aromatic heterocycles. The Labute approximate surface area is 152 Å². The Bertz CT molecular complexity index is 829. The van der Waals surface area contributed by atoms with E-state index in [1.165, 1.54) is 17.8 Å². The van der Waals surface area contributed by atoms with E-state index in [9.17, 15) is 14.9 Å². The second kappa shape index (κ2) is 7.04. The summed E-state index contributed by atoms with van der Waals surface area (Å²) in [6, 6.07) is 10.0. The van der Waals surface area contributed by atoms with Crippen LogP contribution in [0, 0.1) is 10.1 Å². The summed E-state index contributed by atoms with van der Waals surface area (Å²) in [5.74, 6) is 0.514. The second-order valence-corrected chi connectivity index (χ2v) is 7.48. The molecule has 2 aromatic rings. The van der Waals surface area contributed by atoms with Gasteiger partial charge < -0.3 is 4.90 Å². The number of benzene rings is 2. The average molecular weight is 381 g/mol. The summed E-state index contributed by atoms with van der Waals surface area (Å²) < 4.78 is 0. The average Bonchev–Trinajstić information content (AvgIpc) is 2.59. The Balaban J connectivity index is 2.00. The minimum absolute atomic E-state index is 0.0500. The van der Waals surface area contributed by atoms with Crippen LogP contribution in [0.1, 0.15) is 10.4 Å². The van der Waals surface area contributed by atoms with E-state index in [1.807, 2.05) is 6.07 Å². The number of nitro groups is 1. The van der Waals surface area contributed by atoms with Crippen molar-refractivity contribution < 1.29 is 9.72 Å². The number of nitrogens with zero attached hydrogens (tertiary/aromatic N) is 2. The van der Waals surface area contributed by atoms with Crippen molar-refractivity contribution in [2.75, 3.05) is 23.5 Å². The van der Waals surface area contributed by atoms with Crippen LogP contribution < -0.4 is 4.90 Å². The lowest BCUT2D eigenvalue weighted by Gasteiger charge is -2.29. The van der Waals surface area contributed by atoms with E-state index in [4.69, 9.17) is 11.6 Å². The summed E-state index contributed by atoms with van der Waals surface area (Å²) in [5, 5.41) is 11.8. The summed E-state index contributed by atoms with van der Waals surface area (Å²) in [4.78, 5) is 26.8. The second-order valence-electron chi connectivity index (χ2n) is 5.06. The van der Waals surface area contributed by atoms with Crippen LogP contribution in [0.5, 0.6) is 0 Å². The number of thioether (sulfide) groups is 2. The standard InChI is InChI=1S/C16H13ClN2O3S2/c1-23-14-4-2-10(8-13(14)19(21)22)16(20)18-6-7-24-15-5-3-11(17)9-12(15)18/h2-5,8-9H,6-7H2,1H3. The Morgan fingerprint density at radius 1 is 1.33 bits per heavy atom. The van der Waals surface area contributed by atoms with E-state index in [0.717, 1.165) is 16.3 Å². The highest BCUT2D eigenvalue weighted by atomic mass is 35.5. The zero-order valence-electron chi connectivity index (χ0n) is 12.7. The first kappa shape index (κ1) is 17.1. The minimum atomic E-state index is -0.459. The van der Waals surface area contributed by atoms with Gasteiger partial charge in [0.1, 0.15) is 0 Å². The van der Waals surface area contributed by atoms with Crippen molar-refractivity contribution in [2.24, 2.45) is 0 Å². The van der Waals surface area contributed by atoms with E-state index in [2.05, 4.69) is 0 Å². The van der Waals surface area contributed by atoms with Crippen LogP contribution in [0.3, 0.4) is 0 Å². The van der Waals surface area contributed by atoms with Gasteiger partial charge in [0.05, 0.1) is 15.5 Å². The third-order valence-corrected chi connectivity index (χ3v) is 5.71. The molecule has 0 saturated carbocycles. The van der Waals surface area contributed by atoms with Gasteiger partial charge in [-0.3, -0.25) is 14.9 Å². The summed E-state index contributed by atoms with van der Waals surface area (Å²) in [7, 11) is 0. The van der Waals surface area contributed by atoms with E-state index < -0.39 is 4.92 Å². The molecule has 1 heterocycles. The molecule has 5 nitrogen and oxygen atoms in total. The van der Waals surface area contributed by atoms with Gasteiger partial charge in [-0.1, -0.05) is 11.6 Å². The Morgan fingerprint density at radius 2 is 2.12 bits per heavy atom. The zero-order chi connectivity index (χ0) is 17.3. The van der Waals surface area contributed by atoms with Crippen LogP contribution in [0.15, 0.2) is 46.2 Å². The number of fused-ring (bicyclic) bond motifs is 1. The van der Waals surface area contributed by atoms with Gasteiger partial charge in [-0.25, -0.2) is 0 Å². The minimum Gasteiger partial charge on any atom is -0.306 e. The van der Waals surface area contributed by atoms with Crippen molar-refractivity contribution in [2.45, 2.75) is 9.79 Å². The lowest BCUT2D eigenvalue weighted by atomic mass is 10.1. The van der Waals surface area contributed by atoms with E-state index >= 15 is 0 Å². The third-order valence-electron chi connectivity index (χ3n) is 3.65. The summed E-state index contributed by atoms with van der Waals surface area (Å²) in [6.45, 7) is 0.537. The number of carbonyl (C=O) groups is 1. The number of hydrogen-bond donors (Lipinski definition) is 0. The van der Waals surface area contributed by atoms with Crippen molar-refractivity contribution in [3.8, 4) is 0 Å². The van der Waals surface area contributed by atoms with Gasteiger partial charge in [-0.2, -0.15) is 0 Å². The van der Waals surface area contributed by atoms with Crippen LogP contribution >= 0.6 is 35.1 Å². The van der Waals surface area contributed by atoms with Gasteiger partial charge in [-0.15, -0.1) is 23.5 Å². The number of anilines is 1. The molecule has 0 atom stereocenters. The van der Waals surface area contributed by atoms with Crippen LogP contribution in [-0.2, 0) is 0 Å². The molecule has 1 amide bonds. The van der Waals surface area contributed by atoms with Crippen molar-refractivity contribution in [1.82, 2.24) is 0 Å². The molecule has 0 saturated heterocycles. The molecule has 0 N–H and O–H groups in total. The zero-order valence-corrected chi connectivity index (χ0v) is 15.1. The van der Waals surface area contributed by atoms with Crippen molar-refractivity contribution in [3.05, 3.63) is 57.1 Å². The fourth-order valence-electron chi connectivity index (χ4n) is 2.52. The molecule has 0 fully saturated rings. The van der Waals surface area contributed by atoms with E-state index in [-0.39, 0.29) is 11.6 Å². The first-order chi connectivity index (χ1) is 11.5. The smallest absolute Gasteiger partial charge is 0.283 e. The Hall–Kier alpha value is -1.70. The SMILES string of the molecule is CSc1ccc(C(=O)N2CCSc3ccc(Cl)cc32)cc1[N+](=O)[O-]. The largest absolute Gasteiger partial charge is 0.306 e. The highest BCUT2D eigenvalue weighted by molar-refractivity contribution is 7.99. The quantitative estimate of drug-likeness (QED) is 0.438. The molecule has 8 heteroatoms. The molecule has 0 spiro atoms. The molecule has 0 aliphatic carbocycles. The van der Waals surface area contributed by atoms with Crippen LogP contribution in [0.2, 0.25) is 5.02 Å². The third kappa shape index (κ3) is 3.24. The molecule has 3 rings (SSSR count). The first-order valence-electron chi connectivity index (χ1n) is 7.08. The van der Waals surface area contributed by atoms with Crippen LogP contribution in [-0.4, -0.2) is 29.4 Å². The van der Waals surface area contributed by atoms with Crippen molar-refractivity contribution in [1.29, 1.82) is 0 Å².